The van der Waals surface area contributed by atoms with Gasteiger partial charge in [-0.3, -0.25) is 14.1 Å². The third kappa shape index (κ3) is 2.01. The number of carbonyl (C=O) groups excluding carboxylic acids is 2. The summed E-state index contributed by atoms with van der Waals surface area (Å²) in [6, 6.07) is 0. The Labute approximate surface area is 119 Å². The first kappa shape index (κ1) is 14.8. The summed E-state index contributed by atoms with van der Waals surface area (Å²) in [6.07, 6.45) is 2.02. The van der Waals surface area contributed by atoms with Crippen LogP contribution in [0.3, 0.4) is 0 Å². The van der Waals surface area contributed by atoms with Gasteiger partial charge in [0.2, 0.25) is 0 Å². The Morgan fingerprint density at radius 3 is 2.67 bits per heavy atom. The van der Waals surface area contributed by atoms with Crippen molar-refractivity contribution in [3.8, 4) is 0 Å². The zero-order chi connectivity index (χ0) is 15.6. The minimum atomic E-state index is -5.64. The summed E-state index contributed by atoms with van der Waals surface area (Å²) in [5.41, 5.74) is -1.07. The highest BCUT2D eigenvalue weighted by atomic mass is 32.2. The number of carbonyl (C=O) groups is 2. The molecule has 4 saturated carbocycles. The molecule has 0 aromatic heterocycles. The van der Waals surface area contributed by atoms with Crippen LogP contribution in [0.4, 0.5) is 8.78 Å². The molecule has 4 aliphatic rings. The Hall–Kier alpha value is -1.09. The van der Waals surface area contributed by atoms with Gasteiger partial charge in [-0.05, 0) is 31.6 Å². The summed E-state index contributed by atoms with van der Waals surface area (Å²) in [4.78, 5) is 24.2. The van der Waals surface area contributed by atoms with Crippen molar-refractivity contribution in [1.82, 2.24) is 0 Å². The average Bonchev–Trinajstić information content (AvgIpc) is 2.74. The van der Waals surface area contributed by atoms with Crippen molar-refractivity contribution < 1.29 is 36.1 Å². The van der Waals surface area contributed by atoms with Gasteiger partial charge in [0.15, 0.2) is 6.61 Å². The highest BCUT2D eigenvalue weighted by Gasteiger charge is 2.67. The molecule has 0 saturated heterocycles. The number of hydrogen-bond acceptors (Lipinski definition) is 5. The van der Waals surface area contributed by atoms with Crippen LogP contribution in [0.25, 0.3) is 0 Å². The van der Waals surface area contributed by atoms with Crippen molar-refractivity contribution in [2.45, 2.75) is 30.9 Å². The fourth-order valence-corrected chi connectivity index (χ4v) is 4.40. The molecule has 4 bridgehead atoms. The van der Waals surface area contributed by atoms with E-state index in [0.29, 0.717) is 19.3 Å². The lowest BCUT2D eigenvalue weighted by molar-refractivity contribution is -0.164. The Morgan fingerprint density at radius 2 is 2.05 bits per heavy atom. The van der Waals surface area contributed by atoms with E-state index in [0.717, 1.165) is 6.42 Å². The number of halogens is 2. The van der Waals surface area contributed by atoms with E-state index >= 15 is 0 Å². The van der Waals surface area contributed by atoms with E-state index in [4.69, 9.17) is 4.55 Å². The summed E-state index contributed by atoms with van der Waals surface area (Å²) < 4.78 is 60.0. The zero-order valence-electron chi connectivity index (χ0n) is 10.9. The molecule has 4 atom stereocenters. The zero-order valence-corrected chi connectivity index (χ0v) is 11.7. The van der Waals surface area contributed by atoms with Crippen molar-refractivity contribution in [3.05, 3.63) is 0 Å². The van der Waals surface area contributed by atoms with Crippen LogP contribution in [0.5, 0.6) is 0 Å². The number of hydrogen-bond donors (Lipinski definition) is 1. The van der Waals surface area contributed by atoms with Crippen molar-refractivity contribution in [2.24, 2.45) is 23.2 Å². The van der Waals surface area contributed by atoms with E-state index in [-0.39, 0.29) is 17.6 Å². The molecule has 0 aliphatic heterocycles. The molecule has 0 amide bonds. The highest BCUT2D eigenvalue weighted by molar-refractivity contribution is 7.86. The predicted octanol–water partition coefficient (Wildman–Crippen LogP) is 1.02. The van der Waals surface area contributed by atoms with E-state index < -0.39 is 39.3 Å². The Balaban J connectivity index is 1.74. The number of rotatable bonds is 4. The topological polar surface area (TPSA) is 97.7 Å². The van der Waals surface area contributed by atoms with Crippen molar-refractivity contribution in [3.63, 3.8) is 0 Å². The lowest BCUT2D eigenvalue weighted by atomic mass is 9.75. The van der Waals surface area contributed by atoms with Gasteiger partial charge in [-0.25, -0.2) is 0 Å². The first-order valence-electron chi connectivity index (χ1n) is 6.63. The standard InChI is InChI=1S/C12H14F2O6S/c13-12(14,21(17,18)19)5-20-10(16)11-3-6-1-7(4-11)9(15)8(11)2-6/h6-8H,1-5H2,(H,17,18,19). The van der Waals surface area contributed by atoms with Crippen LogP contribution in [-0.4, -0.2) is 36.6 Å². The van der Waals surface area contributed by atoms with E-state index in [1.165, 1.54) is 0 Å². The first-order valence-corrected chi connectivity index (χ1v) is 8.07. The van der Waals surface area contributed by atoms with E-state index in [1.54, 1.807) is 0 Å². The van der Waals surface area contributed by atoms with Crippen LogP contribution in [0.2, 0.25) is 0 Å². The van der Waals surface area contributed by atoms with Crippen LogP contribution in [-0.2, 0) is 24.4 Å². The van der Waals surface area contributed by atoms with Gasteiger partial charge in [-0.2, -0.15) is 17.2 Å². The number of ether oxygens (including phenoxy) is 1. The molecule has 0 spiro atoms. The van der Waals surface area contributed by atoms with Gasteiger partial charge in [0.05, 0.1) is 5.41 Å². The van der Waals surface area contributed by atoms with Crippen LogP contribution in [0, 0.1) is 23.2 Å². The smallest absolute Gasteiger partial charge is 0.402 e. The van der Waals surface area contributed by atoms with Gasteiger partial charge in [0.1, 0.15) is 5.78 Å². The summed E-state index contributed by atoms with van der Waals surface area (Å²) >= 11 is 0. The van der Waals surface area contributed by atoms with Gasteiger partial charge in [-0.15, -0.1) is 0 Å². The molecule has 4 fully saturated rings. The molecule has 0 radical (unpaired) electrons. The van der Waals surface area contributed by atoms with Crippen LogP contribution < -0.4 is 0 Å². The van der Waals surface area contributed by atoms with Gasteiger partial charge < -0.3 is 4.74 Å². The number of alkyl halides is 2. The molecule has 118 valence electrons. The van der Waals surface area contributed by atoms with Crippen LogP contribution in [0.1, 0.15) is 25.7 Å². The molecule has 4 unspecified atom stereocenters. The van der Waals surface area contributed by atoms with Crippen molar-refractivity contribution >= 4 is 21.9 Å². The minimum absolute atomic E-state index is 0.0118. The molecule has 4 aliphatic carbocycles. The first-order chi connectivity index (χ1) is 9.57. The maximum absolute atomic E-state index is 13.1. The monoisotopic (exact) mass is 324 g/mol. The minimum Gasteiger partial charge on any atom is -0.457 e. The molecular weight excluding hydrogens is 310 g/mol. The summed E-state index contributed by atoms with van der Waals surface area (Å²) in [7, 11) is -5.64. The van der Waals surface area contributed by atoms with Gasteiger partial charge >= 0.3 is 21.3 Å². The second-order valence-electron chi connectivity index (χ2n) is 6.24. The van der Waals surface area contributed by atoms with Crippen molar-refractivity contribution in [2.75, 3.05) is 6.61 Å². The van der Waals surface area contributed by atoms with E-state index in [9.17, 15) is 26.8 Å². The highest BCUT2D eigenvalue weighted by Crippen LogP contribution is 2.64. The van der Waals surface area contributed by atoms with Gasteiger partial charge in [0, 0.05) is 11.8 Å². The van der Waals surface area contributed by atoms with Crippen molar-refractivity contribution in [1.29, 1.82) is 0 Å². The van der Waals surface area contributed by atoms with Crippen LogP contribution >= 0.6 is 0 Å². The molecule has 0 aromatic carbocycles. The van der Waals surface area contributed by atoms with E-state index in [2.05, 4.69) is 4.74 Å². The van der Waals surface area contributed by atoms with Gasteiger partial charge in [0.25, 0.3) is 0 Å². The predicted molar refractivity (Wildman–Crippen MR) is 63.8 cm³/mol. The SMILES string of the molecule is O=C1C2CC3CC1C(C(=O)OCC(F)(F)S(=O)(=O)O)(C3)C2. The molecule has 1 N–H and O–H groups in total. The second-order valence-corrected chi connectivity index (χ2v) is 7.79. The molecule has 4 rings (SSSR count). The Morgan fingerprint density at radius 1 is 1.38 bits per heavy atom. The number of esters is 1. The lowest BCUT2D eigenvalue weighted by Crippen LogP contribution is -2.40. The Kier molecular flexibility index (Phi) is 2.98. The Bertz CT molecular complexity index is 615. The second kappa shape index (κ2) is 4.22. The third-order valence-corrected chi connectivity index (χ3v) is 5.89. The fourth-order valence-electron chi connectivity index (χ4n) is 4.20. The summed E-state index contributed by atoms with van der Waals surface area (Å²) in [5.74, 6) is -1.44. The third-order valence-electron chi connectivity index (χ3n) is 5.02. The summed E-state index contributed by atoms with van der Waals surface area (Å²) in [5, 5.41) is -4.54. The maximum Gasteiger partial charge on any atom is 0.402 e. The summed E-state index contributed by atoms with van der Waals surface area (Å²) in [6.45, 7) is -1.73. The largest absolute Gasteiger partial charge is 0.457 e. The van der Waals surface area contributed by atoms with Crippen LogP contribution in [0.15, 0.2) is 0 Å². The quantitative estimate of drug-likeness (QED) is 0.612. The number of Topliss-reactive ketones (excluding diaryl/α,β-unsaturated/α-hetero) is 1. The molecule has 0 aromatic rings. The fraction of sp³-hybridized carbons (Fsp3) is 0.833. The maximum atomic E-state index is 13.1. The van der Waals surface area contributed by atoms with E-state index in [1.807, 2.05) is 0 Å². The molecule has 9 heteroatoms. The normalized spacial score (nSPS) is 38.0. The number of ketones is 1. The lowest BCUT2D eigenvalue weighted by Gasteiger charge is -2.29. The van der Waals surface area contributed by atoms with Gasteiger partial charge in [-0.1, -0.05) is 0 Å². The molecule has 21 heavy (non-hydrogen) atoms. The average molecular weight is 324 g/mol. The molecule has 0 heterocycles. The molecule has 6 nitrogen and oxygen atoms in total. The molecular formula is C12H14F2O6S.